The second-order valence-electron chi connectivity index (χ2n) is 5.20. The third-order valence-corrected chi connectivity index (χ3v) is 2.76. The summed E-state index contributed by atoms with van der Waals surface area (Å²) in [5.41, 5.74) is 5.79. The second kappa shape index (κ2) is 7.66. The van der Waals surface area contributed by atoms with E-state index in [2.05, 4.69) is 31.0 Å². The van der Waals surface area contributed by atoms with Gasteiger partial charge in [-0.25, -0.2) is 4.39 Å². The highest BCUT2D eigenvalue weighted by atomic mass is 19.1. The van der Waals surface area contributed by atoms with Crippen LogP contribution in [-0.4, -0.2) is 18.5 Å². The fourth-order valence-corrected chi connectivity index (χ4v) is 1.98. The Morgan fingerprint density at radius 1 is 1.40 bits per heavy atom. The number of rotatable bonds is 4. The molecular weight excluding hydrogens is 255 g/mol. The van der Waals surface area contributed by atoms with Gasteiger partial charge in [0.25, 0.3) is 5.91 Å². The Kier molecular flexibility index (Phi) is 6.20. The van der Waals surface area contributed by atoms with Crippen LogP contribution in [0.4, 0.5) is 4.39 Å². The highest BCUT2D eigenvalue weighted by Crippen LogP contribution is 2.11. The van der Waals surface area contributed by atoms with E-state index in [0.29, 0.717) is 11.5 Å². The van der Waals surface area contributed by atoms with Gasteiger partial charge in [0.2, 0.25) is 0 Å². The maximum absolute atomic E-state index is 13.8. The quantitative estimate of drug-likeness (QED) is 0.829. The van der Waals surface area contributed by atoms with Crippen molar-refractivity contribution in [3.63, 3.8) is 0 Å². The van der Waals surface area contributed by atoms with Gasteiger partial charge in [0.1, 0.15) is 5.82 Å². The number of halogens is 1. The Labute approximate surface area is 119 Å². The third kappa shape index (κ3) is 5.02. The van der Waals surface area contributed by atoms with Gasteiger partial charge >= 0.3 is 0 Å². The normalized spacial score (nSPS) is 11.7. The van der Waals surface area contributed by atoms with Crippen LogP contribution in [0.1, 0.15) is 43.1 Å². The molecule has 1 aromatic rings. The van der Waals surface area contributed by atoms with Crippen LogP contribution in [0, 0.1) is 23.6 Å². The fourth-order valence-electron chi connectivity index (χ4n) is 1.98. The van der Waals surface area contributed by atoms with Crippen LogP contribution in [-0.2, 0) is 0 Å². The van der Waals surface area contributed by atoms with Crippen LogP contribution < -0.4 is 11.1 Å². The molecular formula is C16H21FN2O. The van der Waals surface area contributed by atoms with Crippen molar-refractivity contribution in [2.45, 2.75) is 33.2 Å². The molecule has 0 aliphatic carbocycles. The summed E-state index contributed by atoms with van der Waals surface area (Å²) in [6.07, 6.45) is 0.883. The zero-order chi connectivity index (χ0) is 15.1. The van der Waals surface area contributed by atoms with Gasteiger partial charge in [-0.3, -0.25) is 4.79 Å². The van der Waals surface area contributed by atoms with E-state index in [0.717, 1.165) is 6.42 Å². The van der Waals surface area contributed by atoms with E-state index in [1.807, 2.05) is 6.92 Å². The number of benzene rings is 1. The molecule has 0 heterocycles. The summed E-state index contributed by atoms with van der Waals surface area (Å²) in [5.74, 6) is 4.93. The zero-order valence-electron chi connectivity index (χ0n) is 12.2. The number of nitrogens with two attached hydrogens (primary N) is 1. The average molecular weight is 276 g/mol. The van der Waals surface area contributed by atoms with E-state index in [1.54, 1.807) is 6.07 Å². The lowest BCUT2D eigenvalue weighted by Gasteiger charge is -2.16. The van der Waals surface area contributed by atoms with E-state index in [1.165, 1.54) is 12.1 Å². The van der Waals surface area contributed by atoms with Crippen molar-refractivity contribution in [1.82, 2.24) is 5.32 Å². The molecule has 0 aromatic heterocycles. The average Bonchev–Trinajstić information content (AvgIpc) is 2.36. The third-order valence-electron chi connectivity index (χ3n) is 2.76. The van der Waals surface area contributed by atoms with Gasteiger partial charge in [0, 0.05) is 11.6 Å². The van der Waals surface area contributed by atoms with Gasteiger partial charge < -0.3 is 11.1 Å². The summed E-state index contributed by atoms with van der Waals surface area (Å²) in [5, 5.41) is 2.86. The summed E-state index contributed by atoms with van der Waals surface area (Å²) in [6, 6.07) is 4.33. The molecule has 1 unspecified atom stereocenters. The standard InChI is InChI=1S/C16H21FN2O/c1-11(2)9-12(3)19-16(20)14-7-6-13(5-4-8-18)15(17)10-14/h6-7,10-12H,8-9,18H2,1-3H3,(H,19,20). The van der Waals surface area contributed by atoms with Crippen molar-refractivity contribution in [2.24, 2.45) is 11.7 Å². The number of carbonyl (C=O) groups excluding carboxylic acids is 1. The molecule has 0 aliphatic heterocycles. The minimum absolute atomic E-state index is 0.0577. The van der Waals surface area contributed by atoms with E-state index in [4.69, 9.17) is 5.73 Å². The summed E-state index contributed by atoms with van der Waals surface area (Å²) < 4.78 is 13.8. The van der Waals surface area contributed by atoms with Crippen molar-refractivity contribution < 1.29 is 9.18 Å². The van der Waals surface area contributed by atoms with E-state index in [-0.39, 0.29) is 24.1 Å². The maximum atomic E-state index is 13.8. The minimum atomic E-state index is -0.505. The molecule has 3 nitrogen and oxygen atoms in total. The molecule has 3 N–H and O–H groups in total. The lowest BCUT2D eigenvalue weighted by atomic mass is 10.0. The molecule has 1 amide bonds. The summed E-state index contributed by atoms with van der Waals surface area (Å²) >= 11 is 0. The highest BCUT2D eigenvalue weighted by molar-refractivity contribution is 5.94. The molecule has 108 valence electrons. The maximum Gasteiger partial charge on any atom is 0.251 e. The molecule has 1 rings (SSSR count). The second-order valence-corrected chi connectivity index (χ2v) is 5.20. The molecule has 0 saturated heterocycles. The van der Waals surface area contributed by atoms with Gasteiger partial charge in [0.05, 0.1) is 12.1 Å². The first kappa shape index (κ1) is 16.2. The Hall–Kier alpha value is -1.86. The molecule has 1 atom stereocenters. The van der Waals surface area contributed by atoms with Crippen LogP contribution >= 0.6 is 0 Å². The van der Waals surface area contributed by atoms with Crippen LogP contribution in [0.25, 0.3) is 0 Å². The molecule has 20 heavy (non-hydrogen) atoms. The Balaban J connectivity index is 2.77. The summed E-state index contributed by atoms with van der Waals surface area (Å²) in [4.78, 5) is 12.0. The van der Waals surface area contributed by atoms with Crippen molar-refractivity contribution in [1.29, 1.82) is 0 Å². The minimum Gasteiger partial charge on any atom is -0.350 e. The van der Waals surface area contributed by atoms with Crippen molar-refractivity contribution >= 4 is 5.91 Å². The molecule has 1 aromatic carbocycles. The molecule has 0 aliphatic rings. The summed E-state index contributed by atoms with van der Waals surface area (Å²) in [6.45, 7) is 6.30. The van der Waals surface area contributed by atoms with E-state index < -0.39 is 5.82 Å². The van der Waals surface area contributed by atoms with E-state index >= 15 is 0 Å². The Morgan fingerprint density at radius 2 is 2.10 bits per heavy atom. The monoisotopic (exact) mass is 276 g/mol. The smallest absolute Gasteiger partial charge is 0.251 e. The van der Waals surface area contributed by atoms with Gasteiger partial charge in [-0.05, 0) is 37.5 Å². The van der Waals surface area contributed by atoms with Crippen LogP contribution in [0.3, 0.4) is 0 Å². The predicted octanol–water partition coefficient (Wildman–Crippen LogP) is 2.30. The lowest BCUT2D eigenvalue weighted by Crippen LogP contribution is -2.33. The van der Waals surface area contributed by atoms with Gasteiger partial charge in [-0.15, -0.1) is 0 Å². The van der Waals surface area contributed by atoms with Crippen LogP contribution in [0.5, 0.6) is 0 Å². The molecule has 0 fully saturated rings. The first-order chi connectivity index (χ1) is 9.43. The first-order valence-corrected chi connectivity index (χ1v) is 6.73. The van der Waals surface area contributed by atoms with Crippen molar-refractivity contribution in [3.05, 3.63) is 35.1 Å². The Morgan fingerprint density at radius 3 is 2.65 bits per heavy atom. The molecule has 4 heteroatoms. The highest BCUT2D eigenvalue weighted by Gasteiger charge is 2.12. The number of amides is 1. The molecule has 0 saturated carbocycles. The molecule has 0 bridgehead atoms. The molecule has 0 radical (unpaired) electrons. The largest absolute Gasteiger partial charge is 0.350 e. The number of carbonyl (C=O) groups is 1. The Bertz CT molecular complexity index is 529. The fraction of sp³-hybridized carbons (Fsp3) is 0.438. The molecule has 0 spiro atoms. The summed E-state index contributed by atoms with van der Waals surface area (Å²) in [7, 11) is 0. The number of nitrogens with one attached hydrogen (secondary N) is 1. The number of hydrogen-bond donors (Lipinski definition) is 2. The van der Waals surface area contributed by atoms with Crippen molar-refractivity contribution in [3.8, 4) is 11.8 Å². The first-order valence-electron chi connectivity index (χ1n) is 6.73. The zero-order valence-corrected chi connectivity index (χ0v) is 12.2. The van der Waals surface area contributed by atoms with Crippen LogP contribution in [0.15, 0.2) is 18.2 Å². The van der Waals surface area contributed by atoms with Crippen LogP contribution in [0.2, 0.25) is 0 Å². The van der Waals surface area contributed by atoms with Gasteiger partial charge in [-0.1, -0.05) is 25.7 Å². The lowest BCUT2D eigenvalue weighted by molar-refractivity contribution is 0.0935. The topological polar surface area (TPSA) is 55.1 Å². The van der Waals surface area contributed by atoms with E-state index in [9.17, 15) is 9.18 Å². The van der Waals surface area contributed by atoms with Crippen molar-refractivity contribution in [2.75, 3.05) is 6.54 Å². The van der Waals surface area contributed by atoms with Gasteiger partial charge in [0.15, 0.2) is 0 Å². The van der Waals surface area contributed by atoms with Gasteiger partial charge in [-0.2, -0.15) is 0 Å². The predicted molar refractivity (Wildman–Crippen MR) is 78.7 cm³/mol. The SMILES string of the molecule is CC(C)CC(C)NC(=O)c1ccc(C#CCN)c(F)c1. The number of hydrogen-bond acceptors (Lipinski definition) is 2.